The topological polar surface area (TPSA) is 44.5 Å². The first kappa shape index (κ1) is 11.1. The normalized spacial score (nSPS) is 22.3. The standard InChI is InChI=1S/C11H17NO2S/c1-13-11(14-2)6-10(7-11,8-12)9-4-3-5-15-9/h3-5H,6-8,12H2,1-2H3. The van der Waals surface area contributed by atoms with Crippen molar-refractivity contribution in [2.45, 2.75) is 24.0 Å². The van der Waals surface area contributed by atoms with Crippen LogP contribution in [-0.4, -0.2) is 26.6 Å². The third-order valence-corrected chi connectivity index (χ3v) is 4.51. The molecular weight excluding hydrogens is 210 g/mol. The summed E-state index contributed by atoms with van der Waals surface area (Å²) in [5, 5.41) is 2.09. The highest BCUT2D eigenvalue weighted by Gasteiger charge is 2.56. The Kier molecular flexibility index (Phi) is 2.85. The highest BCUT2D eigenvalue weighted by atomic mass is 32.1. The van der Waals surface area contributed by atoms with Gasteiger partial charge in [-0.15, -0.1) is 11.3 Å². The molecule has 84 valence electrons. The van der Waals surface area contributed by atoms with Gasteiger partial charge in [-0.3, -0.25) is 0 Å². The van der Waals surface area contributed by atoms with E-state index >= 15 is 0 Å². The maximum Gasteiger partial charge on any atom is 0.169 e. The van der Waals surface area contributed by atoms with E-state index in [2.05, 4.69) is 17.5 Å². The maximum atomic E-state index is 5.89. The average Bonchev–Trinajstić information content (AvgIpc) is 2.73. The second-order valence-corrected chi connectivity index (χ2v) is 5.08. The number of rotatable bonds is 4. The van der Waals surface area contributed by atoms with Crippen molar-refractivity contribution in [1.82, 2.24) is 0 Å². The van der Waals surface area contributed by atoms with E-state index in [9.17, 15) is 0 Å². The van der Waals surface area contributed by atoms with Gasteiger partial charge in [0, 0.05) is 43.9 Å². The van der Waals surface area contributed by atoms with E-state index in [0.29, 0.717) is 6.54 Å². The molecule has 0 spiro atoms. The Hall–Kier alpha value is -0.420. The quantitative estimate of drug-likeness (QED) is 0.797. The Morgan fingerprint density at radius 3 is 2.47 bits per heavy atom. The molecule has 0 amide bonds. The summed E-state index contributed by atoms with van der Waals surface area (Å²) in [7, 11) is 3.39. The van der Waals surface area contributed by atoms with Crippen LogP contribution in [0.5, 0.6) is 0 Å². The van der Waals surface area contributed by atoms with Gasteiger partial charge in [0.1, 0.15) is 0 Å². The van der Waals surface area contributed by atoms with Crippen LogP contribution >= 0.6 is 11.3 Å². The molecule has 0 atom stereocenters. The van der Waals surface area contributed by atoms with Crippen molar-refractivity contribution in [3.05, 3.63) is 22.4 Å². The molecule has 0 bridgehead atoms. The molecule has 3 nitrogen and oxygen atoms in total. The van der Waals surface area contributed by atoms with Gasteiger partial charge in [-0.05, 0) is 11.4 Å². The highest BCUT2D eigenvalue weighted by Crippen LogP contribution is 2.52. The first-order chi connectivity index (χ1) is 7.20. The van der Waals surface area contributed by atoms with Crippen molar-refractivity contribution in [3.8, 4) is 0 Å². The summed E-state index contributed by atoms with van der Waals surface area (Å²) in [6.07, 6.45) is 1.70. The largest absolute Gasteiger partial charge is 0.353 e. The Balaban J connectivity index is 2.17. The Morgan fingerprint density at radius 2 is 2.07 bits per heavy atom. The molecule has 0 unspecified atom stereocenters. The smallest absolute Gasteiger partial charge is 0.169 e. The van der Waals surface area contributed by atoms with Crippen LogP contribution in [0.3, 0.4) is 0 Å². The number of nitrogens with two attached hydrogens (primary N) is 1. The first-order valence-corrected chi connectivity index (χ1v) is 5.93. The minimum Gasteiger partial charge on any atom is -0.353 e. The molecule has 4 heteroatoms. The van der Waals surface area contributed by atoms with Crippen molar-refractivity contribution in [2.24, 2.45) is 5.73 Å². The fourth-order valence-electron chi connectivity index (χ4n) is 2.35. The van der Waals surface area contributed by atoms with Crippen LogP contribution in [-0.2, 0) is 14.9 Å². The van der Waals surface area contributed by atoms with Gasteiger partial charge in [-0.25, -0.2) is 0 Å². The minimum atomic E-state index is -0.413. The number of hydrogen-bond donors (Lipinski definition) is 1. The van der Waals surface area contributed by atoms with Gasteiger partial charge in [0.15, 0.2) is 5.79 Å². The number of thiophene rings is 1. The van der Waals surface area contributed by atoms with Gasteiger partial charge in [-0.1, -0.05) is 6.07 Å². The average molecular weight is 227 g/mol. The molecule has 1 aliphatic carbocycles. The third kappa shape index (κ3) is 1.61. The van der Waals surface area contributed by atoms with Crippen molar-refractivity contribution >= 4 is 11.3 Å². The van der Waals surface area contributed by atoms with E-state index in [1.165, 1.54) is 4.88 Å². The molecule has 1 saturated carbocycles. The van der Waals surface area contributed by atoms with E-state index in [1.807, 2.05) is 0 Å². The zero-order valence-corrected chi connectivity index (χ0v) is 9.97. The summed E-state index contributed by atoms with van der Waals surface area (Å²) < 4.78 is 10.8. The van der Waals surface area contributed by atoms with Gasteiger partial charge in [0.25, 0.3) is 0 Å². The molecule has 15 heavy (non-hydrogen) atoms. The number of ether oxygens (including phenoxy) is 2. The zero-order chi connectivity index (χ0) is 10.9. The van der Waals surface area contributed by atoms with Gasteiger partial charge < -0.3 is 15.2 Å². The van der Waals surface area contributed by atoms with Crippen LogP contribution in [0.15, 0.2) is 17.5 Å². The predicted octanol–water partition coefficient (Wildman–Crippen LogP) is 1.73. The molecule has 1 aromatic rings. The Labute approximate surface area is 94.2 Å². The van der Waals surface area contributed by atoms with Gasteiger partial charge >= 0.3 is 0 Å². The number of methoxy groups -OCH3 is 2. The lowest BCUT2D eigenvalue weighted by molar-refractivity contribution is -0.276. The van der Waals surface area contributed by atoms with Crippen LogP contribution in [0, 0.1) is 0 Å². The molecular formula is C11H17NO2S. The van der Waals surface area contributed by atoms with E-state index in [4.69, 9.17) is 15.2 Å². The van der Waals surface area contributed by atoms with Crippen molar-refractivity contribution in [1.29, 1.82) is 0 Å². The second-order valence-electron chi connectivity index (χ2n) is 4.13. The monoisotopic (exact) mass is 227 g/mol. The molecule has 1 fully saturated rings. The number of hydrogen-bond acceptors (Lipinski definition) is 4. The molecule has 2 N–H and O–H groups in total. The van der Waals surface area contributed by atoms with Crippen LogP contribution in [0.1, 0.15) is 17.7 Å². The fourth-order valence-corrected chi connectivity index (χ4v) is 3.29. The summed E-state index contributed by atoms with van der Waals surface area (Å²) in [6, 6.07) is 4.21. The van der Waals surface area contributed by atoms with Crippen LogP contribution in [0.2, 0.25) is 0 Å². The van der Waals surface area contributed by atoms with Crippen LogP contribution in [0.4, 0.5) is 0 Å². The molecule has 1 aromatic heterocycles. The minimum absolute atomic E-state index is 0.0696. The summed E-state index contributed by atoms with van der Waals surface area (Å²) in [6.45, 7) is 0.655. The zero-order valence-electron chi connectivity index (χ0n) is 9.16. The van der Waals surface area contributed by atoms with E-state index in [-0.39, 0.29) is 5.41 Å². The van der Waals surface area contributed by atoms with Crippen molar-refractivity contribution in [2.75, 3.05) is 20.8 Å². The molecule has 0 aliphatic heterocycles. The van der Waals surface area contributed by atoms with Gasteiger partial charge in [-0.2, -0.15) is 0 Å². The first-order valence-electron chi connectivity index (χ1n) is 5.05. The van der Waals surface area contributed by atoms with Crippen molar-refractivity contribution < 1.29 is 9.47 Å². The molecule has 0 saturated heterocycles. The van der Waals surface area contributed by atoms with Crippen molar-refractivity contribution in [3.63, 3.8) is 0 Å². The fraction of sp³-hybridized carbons (Fsp3) is 0.636. The van der Waals surface area contributed by atoms with Crippen LogP contribution < -0.4 is 5.73 Å². The molecule has 0 radical (unpaired) electrons. The Morgan fingerprint density at radius 1 is 1.40 bits per heavy atom. The summed E-state index contributed by atoms with van der Waals surface area (Å²) in [4.78, 5) is 1.34. The molecule has 1 heterocycles. The molecule has 2 rings (SSSR count). The summed E-state index contributed by atoms with van der Waals surface area (Å²) in [5.41, 5.74) is 5.96. The lowest BCUT2D eigenvalue weighted by atomic mass is 9.63. The second kappa shape index (κ2) is 3.87. The van der Waals surface area contributed by atoms with E-state index < -0.39 is 5.79 Å². The summed E-state index contributed by atoms with van der Waals surface area (Å²) in [5.74, 6) is -0.413. The van der Waals surface area contributed by atoms with E-state index in [0.717, 1.165) is 12.8 Å². The maximum absolute atomic E-state index is 5.89. The SMILES string of the molecule is COC1(OC)CC(CN)(c2cccs2)C1. The van der Waals surface area contributed by atoms with Crippen LogP contribution in [0.25, 0.3) is 0 Å². The van der Waals surface area contributed by atoms with E-state index in [1.54, 1.807) is 25.6 Å². The predicted molar refractivity (Wildman–Crippen MR) is 61.0 cm³/mol. The molecule has 1 aliphatic rings. The third-order valence-electron chi connectivity index (χ3n) is 3.39. The lowest BCUT2D eigenvalue weighted by Gasteiger charge is -2.53. The summed E-state index contributed by atoms with van der Waals surface area (Å²) >= 11 is 1.76. The van der Waals surface area contributed by atoms with Gasteiger partial charge in [0.05, 0.1) is 0 Å². The lowest BCUT2D eigenvalue weighted by Crippen LogP contribution is -2.59. The molecule has 0 aromatic carbocycles. The Bertz CT molecular complexity index is 311. The van der Waals surface area contributed by atoms with Gasteiger partial charge in [0.2, 0.25) is 0 Å². The highest BCUT2D eigenvalue weighted by molar-refractivity contribution is 7.10.